The summed E-state index contributed by atoms with van der Waals surface area (Å²) in [5.41, 5.74) is 2.13. The molecular weight excluding hydrogens is 242 g/mol. The van der Waals surface area contributed by atoms with Crippen LogP contribution in [0.5, 0.6) is 0 Å². The molecule has 0 unspecified atom stereocenters. The smallest absolute Gasteiger partial charge is 0.241 e. The maximum atomic E-state index is 12.0. The van der Waals surface area contributed by atoms with Crippen molar-refractivity contribution in [3.8, 4) is 0 Å². The number of carbonyl (C=O) groups excluding carboxylic acids is 1. The van der Waals surface area contributed by atoms with E-state index in [2.05, 4.69) is 17.3 Å². The molecule has 0 saturated carbocycles. The van der Waals surface area contributed by atoms with Crippen molar-refractivity contribution < 1.29 is 9.53 Å². The zero-order valence-corrected chi connectivity index (χ0v) is 12.0. The van der Waals surface area contributed by atoms with E-state index in [0.717, 1.165) is 37.4 Å². The lowest BCUT2D eigenvalue weighted by atomic mass is 9.82. The predicted octanol–water partition coefficient (Wildman–Crippen LogP) is 1.43. The van der Waals surface area contributed by atoms with Crippen LogP contribution in [-0.4, -0.2) is 35.4 Å². The van der Waals surface area contributed by atoms with Gasteiger partial charge in [0.25, 0.3) is 0 Å². The van der Waals surface area contributed by atoms with Gasteiger partial charge in [0.2, 0.25) is 5.91 Å². The Morgan fingerprint density at radius 1 is 1.47 bits per heavy atom. The second-order valence-corrected chi connectivity index (χ2v) is 5.78. The molecule has 1 aliphatic heterocycles. The molecule has 0 bridgehead atoms. The number of nitrogens with one attached hydrogen (secondary N) is 1. The number of hydrogen-bond donors (Lipinski definition) is 1. The molecule has 0 spiro atoms. The van der Waals surface area contributed by atoms with Gasteiger partial charge in [-0.15, -0.1) is 0 Å². The van der Waals surface area contributed by atoms with E-state index < -0.39 is 0 Å². The molecule has 5 nitrogen and oxygen atoms in total. The summed E-state index contributed by atoms with van der Waals surface area (Å²) in [6, 6.07) is 1.98. The average molecular weight is 265 g/mol. The molecule has 0 atom stereocenters. The van der Waals surface area contributed by atoms with Gasteiger partial charge in [-0.05, 0) is 38.2 Å². The predicted molar refractivity (Wildman–Crippen MR) is 72.9 cm³/mol. The zero-order chi connectivity index (χ0) is 13.9. The van der Waals surface area contributed by atoms with Gasteiger partial charge in [-0.25, -0.2) is 0 Å². The molecule has 1 N–H and O–H groups in total. The van der Waals surface area contributed by atoms with E-state index in [0.29, 0.717) is 13.1 Å². The summed E-state index contributed by atoms with van der Waals surface area (Å²) in [5, 5.41) is 7.32. The second kappa shape index (κ2) is 5.74. The van der Waals surface area contributed by atoms with Crippen LogP contribution < -0.4 is 5.32 Å². The highest BCUT2D eigenvalue weighted by Gasteiger charge is 2.27. The fourth-order valence-corrected chi connectivity index (χ4v) is 2.38. The highest BCUT2D eigenvalue weighted by atomic mass is 16.5. The van der Waals surface area contributed by atoms with Crippen molar-refractivity contribution >= 4 is 5.91 Å². The van der Waals surface area contributed by atoms with Crippen molar-refractivity contribution in [2.75, 3.05) is 19.8 Å². The quantitative estimate of drug-likeness (QED) is 0.896. The van der Waals surface area contributed by atoms with Crippen molar-refractivity contribution in [2.24, 2.45) is 5.41 Å². The van der Waals surface area contributed by atoms with E-state index in [9.17, 15) is 4.79 Å². The lowest BCUT2D eigenvalue weighted by Gasteiger charge is -2.33. The van der Waals surface area contributed by atoms with Gasteiger partial charge in [0.1, 0.15) is 6.54 Å². The molecule has 106 valence electrons. The van der Waals surface area contributed by atoms with Gasteiger partial charge in [0.05, 0.1) is 5.69 Å². The van der Waals surface area contributed by atoms with E-state index in [1.54, 1.807) is 4.68 Å². The lowest BCUT2D eigenvalue weighted by Crippen LogP contribution is -2.40. The first kappa shape index (κ1) is 14.1. The minimum absolute atomic E-state index is 0.0268. The first-order chi connectivity index (χ1) is 8.98. The fraction of sp³-hybridized carbons (Fsp3) is 0.714. The van der Waals surface area contributed by atoms with Crippen LogP contribution in [0.4, 0.5) is 0 Å². The summed E-state index contributed by atoms with van der Waals surface area (Å²) in [7, 11) is 0. The third-order valence-electron chi connectivity index (χ3n) is 3.81. The third kappa shape index (κ3) is 3.80. The van der Waals surface area contributed by atoms with Crippen LogP contribution in [0.3, 0.4) is 0 Å². The maximum absolute atomic E-state index is 12.0. The highest BCUT2D eigenvalue weighted by Crippen LogP contribution is 2.28. The minimum Gasteiger partial charge on any atom is -0.381 e. The van der Waals surface area contributed by atoms with Crippen LogP contribution in [0.1, 0.15) is 31.2 Å². The Morgan fingerprint density at radius 3 is 2.74 bits per heavy atom. The molecule has 0 aromatic carbocycles. The van der Waals surface area contributed by atoms with Gasteiger partial charge in [-0.1, -0.05) is 6.92 Å². The number of amides is 1. The molecule has 19 heavy (non-hydrogen) atoms. The Balaban J connectivity index is 1.83. The van der Waals surface area contributed by atoms with Gasteiger partial charge < -0.3 is 10.1 Å². The molecule has 0 aliphatic carbocycles. The summed E-state index contributed by atoms with van der Waals surface area (Å²) in [4.78, 5) is 12.0. The molecule has 1 aromatic rings. The van der Waals surface area contributed by atoms with Crippen molar-refractivity contribution in [1.29, 1.82) is 0 Å². The topological polar surface area (TPSA) is 56.2 Å². The van der Waals surface area contributed by atoms with Crippen LogP contribution in [-0.2, 0) is 16.1 Å². The van der Waals surface area contributed by atoms with Crippen molar-refractivity contribution in [3.63, 3.8) is 0 Å². The SMILES string of the molecule is Cc1cc(C)n(CC(=O)NCC2(C)CCOCC2)n1. The number of hydrogen-bond acceptors (Lipinski definition) is 3. The van der Waals surface area contributed by atoms with Crippen LogP contribution in [0.2, 0.25) is 0 Å². The largest absolute Gasteiger partial charge is 0.381 e. The van der Waals surface area contributed by atoms with Gasteiger partial charge in [0, 0.05) is 25.5 Å². The Hall–Kier alpha value is -1.36. The number of rotatable bonds is 4. The van der Waals surface area contributed by atoms with Crippen LogP contribution in [0.25, 0.3) is 0 Å². The monoisotopic (exact) mass is 265 g/mol. The van der Waals surface area contributed by atoms with Gasteiger partial charge >= 0.3 is 0 Å². The molecule has 1 aromatic heterocycles. The third-order valence-corrected chi connectivity index (χ3v) is 3.81. The molecule has 2 heterocycles. The Labute approximate surface area is 114 Å². The van der Waals surface area contributed by atoms with E-state index in [1.165, 1.54) is 0 Å². The Morgan fingerprint density at radius 2 is 2.16 bits per heavy atom. The molecule has 1 saturated heterocycles. The normalized spacial score (nSPS) is 18.3. The molecule has 2 rings (SSSR count). The molecule has 1 amide bonds. The van der Waals surface area contributed by atoms with Crippen LogP contribution in [0, 0.1) is 19.3 Å². The summed E-state index contributed by atoms with van der Waals surface area (Å²) in [5.74, 6) is 0.0268. The average Bonchev–Trinajstić information content (AvgIpc) is 2.66. The minimum atomic E-state index is 0.0268. The number of aromatic nitrogens is 2. The van der Waals surface area contributed by atoms with Crippen LogP contribution >= 0.6 is 0 Å². The zero-order valence-electron chi connectivity index (χ0n) is 12.0. The molecule has 5 heteroatoms. The maximum Gasteiger partial charge on any atom is 0.241 e. The summed E-state index contributed by atoms with van der Waals surface area (Å²) >= 11 is 0. The fourth-order valence-electron chi connectivity index (χ4n) is 2.38. The first-order valence-electron chi connectivity index (χ1n) is 6.84. The van der Waals surface area contributed by atoms with Crippen LogP contribution in [0.15, 0.2) is 6.07 Å². The number of aryl methyl sites for hydroxylation is 2. The van der Waals surface area contributed by atoms with E-state index in [-0.39, 0.29) is 11.3 Å². The Kier molecular flexibility index (Phi) is 4.24. The highest BCUT2D eigenvalue weighted by molar-refractivity contribution is 5.75. The van der Waals surface area contributed by atoms with Gasteiger partial charge in [-0.3, -0.25) is 9.48 Å². The van der Waals surface area contributed by atoms with Crippen molar-refractivity contribution in [3.05, 3.63) is 17.5 Å². The van der Waals surface area contributed by atoms with E-state index in [4.69, 9.17) is 4.74 Å². The van der Waals surface area contributed by atoms with Crippen molar-refractivity contribution in [2.45, 2.75) is 40.2 Å². The van der Waals surface area contributed by atoms with E-state index >= 15 is 0 Å². The number of ether oxygens (including phenoxy) is 1. The molecule has 0 radical (unpaired) electrons. The molecule has 1 aliphatic rings. The van der Waals surface area contributed by atoms with Gasteiger partial charge in [-0.2, -0.15) is 5.10 Å². The first-order valence-corrected chi connectivity index (χ1v) is 6.84. The molecule has 1 fully saturated rings. The summed E-state index contributed by atoms with van der Waals surface area (Å²) in [6.07, 6.45) is 2.01. The number of carbonyl (C=O) groups is 1. The van der Waals surface area contributed by atoms with Crippen molar-refractivity contribution in [1.82, 2.24) is 15.1 Å². The Bertz CT molecular complexity index is 448. The standard InChI is InChI=1S/C14H23N3O2/c1-11-8-12(2)17(16-11)9-13(18)15-10-14(3)4-6-19-7-5-14/h8H,4-7,9-10H2,1-3H3,(H,15,18). The number of nitrogens with zero attached hydrogens (tertiary/aromatic N) is 2. The van der Waals surface area contributed by atoms with E-state index in [1.807, 2.05) is 19.9 Å². The second-order valence-electron chi connectivity index (χ2n) is 5.78. The summed E-state index contributed by atoms with van der Waals surface area (Å²) < 4.78 is 7.11. The van der Waals surface area contributed by atoms with Gasteiger partial charge in [0.15, 0.2) is 0 Å². The summed E-state index contributed by atoms with van der Waals surface area (Å²) in [6.45, 7) is 8.71. The lowest BCUT2D eigenvalue weighted by molar-refractivity contribution is -0.122. The molecular formula is C14H23N3O2.